The number of fused-ring (bicyclic) bond motifs is 1. The van der Waals surface area contributed by atoms with Crippen LogP contribution in [0.25, 0.3) is 11.2 Å². The Labute approximate surface area is 128 Å². The van der Waals surface area contributed by atoms with E-state index in [0.29, 0.717) is 12.4 Å². The molecule has 3 rings (SSSR count). The van der Waals surface area contributed by atoms with E-state index in [1.165, 1.54) is 0 Å². The highest BCUT2D eigenvalue weighted by Gasteiger charge is 2.19. The molecular weight excluding hydrogens is 288 g/mol. The Morgan fingerprint density at radius 3 is 2.67 bits per heavy atom. The van der Waals surface area contributed by atoms with E-state index in [1.54, 1.807) is 6.20 Å². The molecule has 21 heavy (non-hydrogen) atoms. The molecule has 0 bridgehead atoms. The van der Waals surface area contributed by atoms with Crippen molar-refractivity contribution in [1.29, 1.82) is 0 Å². The number of halogens is 1. The van der Waals surface area contributed by atoms with Crippen molar-refractivity contribution in [3.05, 3.63) is 29.5 Å². The van der Waals surface area contributed by atoms with Crippen LogP contribution in [0.2, 0.25) is 0 Å². The van der Waals surface area contributed by atoms with Gasteiger partial charge in [-0.1, -0.05) is 13.3 Å². The third-order valence-corrected chi connectivity index (χ3v) is 3.96. The van der Waals surface area contributed by atoms with Crippen LogP contribution in [0.15, 0.2) is 12.3 Å². The third kappa shape index (κ3) is 2.33. The Balaban J connectivity index is 2.14. The number of aromatic nitrogens is 6. The van der Waals surface area contributed by atoms with E-state index in [4.69, 9.17) is 16.6 Å². The monoisotopic (exact) mass is 306 g/mol. The van der Waals surface area contributed by atoms with Gasteiger partial charge in [0.15, 0.2) is 5.65 Å². The van der Waals surface area contributed by atoms with Gasteiger partial charge in [-0.2, -0.15) is 10.2 Å². The molecule has 0 fully saturated rings. The zero-order valence-corrected chi connectivity index (χ0v) is 13.3. The third-order valence-electron chi connectivity index (χ3n) is 3.72. The normalized spacial score (nSPS) is 11.6. The van der Waals surface area contributed by atoms with Crippen LogP contribution in [-0.4, -0.2) is 29.1 Å². The summed E-state index contributed by atoms with van der Waals surface area (Å²) in [6.07, 6.45) is 3.79. The van der Waals surface area contributed by atoms with Crippen molar-refractivity contribution in [1.82, 2.24) is 29.1 Å². The van der Waals surface area contributed by atoms with Gasteiger partial charge in [0.1, 0.15) is 11.3 Å². The predicted octanol–water partition coefficient (Wildman–Crippen LogP) is 2.24. The predicted molar refractivity (Wildman–Crippen MR) is 82.4 cm³/mol. The first-order valence-electron chi connectivity index (χ1n) is 7.09. The summed E-state index contributed by atoms with van der Waals surface area (Å²) >= 11 is 6.09. The van der Waals surface area contributed by atoms with Gasteiger partial charge in [0, 0.05) is 20.3 Å². The summed E-state index contributed by atoms with van der Waals surface area (Å²) in [5, 5.41) is 8.81. The van der Waals surface area contributed by atoms with Crippen LogP contribution in [0.1, 0.15) is 30.6 Å². The summed E-state index contributed by atoms with van der Waals surface area (Å²) in [5.41, 5.74) is 4.15. The standard InChI is InChI=1S/C14H19ClN6/c1-4-5-11-13-14(20(3)18-11)21(12(8-15)17-13)9-10-6-7-16-19(10)2/h6-7H,4-5,8-9H2,1-3H3. The molecule has 6 nitrogen and oxygen atoms in total. The Kier molecular flexibility index (Phi) is 3.71. The molecule has 3 aromatic heterocycles. The second kappa shape index (κ2) is 5.52. The first kappa shape index (κ1) is 14.1. The van der Waals surface area contributed by atoms with Gasteiger partial charge in [-0.25, -0.2) is 4.98 Å². The number of nitrogens with zero attached hydrogens (tertiary/aromatic N) is 6. The lowest BCUT2D eigenvalue weighted by Crippen LogP contribution is -2.10. The summed E-state index contributed by atoms with van der Waals surface area (Å²) in [6.45, 7) is 2.84. The van der Waals surface area contributed by atoms with E-state index in [-0.39, 0.29) is 0 Å². The first-order valence-corrected chi connectivity index (χ1v) is 7.63. The van der Waals surface area contributed by atoms with Crippen molar-refractivity contribution in [2.75, 3.05) is 0 Å². The molecule has 0 atom stereocenters. The molecule has 0 aliphatic carbocycles. The van der Waals surface area contributed by atoms with E-state index in [2.05, 4.69) is 21.7 Å². The molecular formula is C14H19ClN6. The van der Waals surface area contributed by atoms with Crippen LogP contribution in [0.3, 0.4) is 0 Å². The summed E-state index contributed by atoms with van der Waals surface area (Å²) in [5.74, 6) is 1.26. The maximum atomic E-state index is 6.09. The average Bonchev–Trinajstić information content (AvgIpc) is 3.10. The molecule has 0 aliphatic heterocycles. The van der Waals surface area contributed by atoms with Crippen molar-refractivity contribution < 1.29 is 0 Å². The molecule has 0 radical (unpaired) electrons. The Hall–Kier alpha value is -1.82. The van der Waals surface area contributed by atoms with Crippen molar-refractivity contribution in [3.8, 4) is 0 Å². The Morgan fingerprint density at radius 2 is 2.05 bits per heavy atom. The minimum Gasteiger partial charge on any atom is -0.306 e. The Morgan fingerprint density at radius 1 is 1.24 bits per heavy atom. The zero-order valence-electron chi connectivity index (χ0n) is 12.5. The topological polar surface area (TPSA) is 53.5 Å². The smallest absolute Gasteiger partial charge is 0.159 e. The molecule has 0 unspecified atom stereocenters. The number of aryl methyl sites for hydroxylation is 3. The maximum Gasteiger partial charge on any atom is 0.159 e. The minimum atomic E-state index is 0.387. The number of hydrogen-bond acceptors (Lipinski definition) is 3. The highest BCUT2D eigenvalue weighted by Crippen LogP contribution is 2.22. The van der Waals surface area contributed by atoms with Crippen molar-refractivity contribution >= 4 is 22.8 Å². The number of rotatable bonds is 5. The second-order valence-electron chi connectivity index (χ2n) is 5.19. The van der Waals surface area contributed by atoms with Gasteiger partial charge in [-0.15, -0.1) is 11.6 Å². The van der Waals surface area contributed by atoms with E-state index < -0.39 is 0 Å². The van der Waals surface area contributed by atoms with Gasteiger partial charge in [0.2, 0.25) is 0 Å². The molecule has 0 spiro atoms. The van der Waals surface area contributed by atoms with Crippen LogP contribution in [-0.2, 0) is 32.9 Å². The molecule has 0 aromatic carbocycles. The van der Waals surface area contributed by atoms with Crippen LogP contribution >= 0.6 is 11.6 Å². The molecule has 0 aliphatic rings. The summed E-state index contributed by atoms with van der Waals surface area (Å²) in [4.78, 5) is 4.70. The van der Waals surface area contributed by atoms with Crippen LogP contribution < -0.4 is 0 Å². The second-order valence-corrected chi connectivity index (χ2v) is 5.45. The van der Waals surface area contributed by atoms with E-state index in [0.717, 1.165) is 41.2 Å². The lowest BCUT2D eigenvalue weighted by Gasteiger charge is -2.08. The highest BCUT2D eigenvalue weighted by molar-refractivity contribution is 6.16. The van der Waals surface area contributed by atoms with Crippen molar-refractivity contribution in [2.24, 2.45) is 14.1 Å². The van der Waals surface area contributed by atoms with Gasteiger partial charge in [0.05, 0.1) is 23.8 Å². The summed E-state index contributed by atoms with van der Waals surface area (Å²) < 4.78 is 5.90. The van der Waals surface area contributed by atoms with Gasteiger partial charge in [-0.05, 0) is 12.5 Å². The molecule has 0 N–H and O–H groups in total. The fourth-order valence-electron chi connectivity index (χ4n) is 2.68. The molecule has 0 saturated carbocycles. The lowest BCUT2D eigenvalue weighted by molar-refractivity contribution is 0.643. The molecule has 112 valence electrons. The van der Waals surface area contributed by atoms with Gasteiger partial charge >= 0.3 is 0 Å². The minimum absolute atomic E-state index is 0.387. The molecule has 7 heteroatoms. The maximum absolute atomic E-state index is 6.09. The molecule has 0 amide bonds. The van der Waals surface area contributed by atoms with Crippen LogP contribution in [0, 0.1) is 0 Å². The van der Waals surface area contributed by atoms with Gasteiger partial charge in [-0.3, -0.25) is 9.36 Å². The number of alkyl halides is 1. The van der Waals surface area contributed by atoms with Crippen LogP contribution in [0.4, 0.5) is 0 Å². The fraction of sp³-hybridized carbons (Fsp3) is 0.500. The lowest BCUT2D eigenvalue weighted by atomic mass is 10.2. The number of imidazole rings is 1. The fourth-order valence-corrected chi connectivity index (χ4v) is 2.88. The van der Waals surface area contributed by atoms with Gasteiger partial charge < -0.3 is 4.57 Å². The average molecular weight is 307 g/mol. The van der Waals surface area contributed by atoms with Crippen LogP contribution in [0.5, 0.6) is 0 Å². The van der Waals surface area contributed by atoms with E-state index in [1.807, 2.05) is 29.5 Å². The molecule has 3 aromatic rings. The largest absolute Gasteiger partial charge is 0.306 e. The zero-order chi connectivity index (χ0) is 15.0. The quantitative estimate of drug-likeness (QED) is 0.679. The summed E-state index contributed by atoms with van der Waals surface area (Å²) in [7, 11) is 3.90. The van der Waals surface area contributed by atoms with Crippen molar-refractivity contribution in [3.63, 3.8) is 0 Å². The van der Waals surface area contributed by atoms with Gasteiger partial charge in [0.25, 0.3) is 0 Å². The molecule has 0 saturated heterocycles. The van der Waals surface area contributed by atoms with Crippen molar-refractivity contribution in [2.45, 2.75) is 32.2 Å². The molecule has 3 heterocycles. The number of hydrogen-bond donors (Lipinski definition) is 0. The Bertz CT molecular complexity index is 766. The summed E-state index contributed by atoms with van der Waals surface area (Å²) in [6, 6.07) is 2.01. The SMILES string of the molecule is CCCc1nn(C)c2c1nc(CCl)n2Cc1ccnn1C. The first-order chi connectivity index (χ1) is 10.2. The highest BCUT2D eigenvalue weighted by atomic mass is 35.5. The van der Waals surface area contributed by atoms with E-state index in [9.17, 15) is 0 Å². The van der Waals surface area contributed by atoms with E-state index >= 15 is 0 Å².